The Morgan fingerprint density at radius 1 is 1.70 bits per heavy atom. The molecule has 0 aromatic rings. The van der Waals surface area contributed by atoms with E-state index in [0.717, 1.165) is 6.54 Å². The summed E-state index contributed by atoms with van der Waals surface area (Å²) in [4.78, 5) is 4.12. The zero-order valence-corrected chi connectivity index (χ0v) is 6.80. The van der Waals surface area contributed by atoms with Gasteiger partial charge in [0.15, 0.2) is 0 Å². The highest BCUT2D eigenvalue weighted by molar-refractivity contribution is 5.55. The standard InChI is InChI=1S/C8H16N2/c1-4-8(3)6-10-7-9-5-2/h5,7-8H,2,4,6H2,1,3H3,(H,9,10). The molecule has 0 heterocycles. The summed E-state index contributed by atoms with van der Waals surface area (Å²) >= 11 is 0. The van der Waals surface area contributed by atoms with Gasteiger partial charge in [-0.05, 0) is 12.1 Å². The molecule has 0 bridgehead atoms. The first-order valence-corrected chi connectivity index (χ1v) is 3.66. The summed E-state index contributed by atoms with van der Waals surface area (Å²) < 4.78 is 0. The van der Waals surface area contributed by atoms with Crippen LogP contribution >= 0.6 is 0 Å². The Balaban J connectivity index is 3.24. The summed E-state index contributed by atoms with van der Waals surface area (Å²) in [6.45, 7) is 8.75. The number of nitrogens with zero attached hydrogens (tertiary/aromatic N) is 1. The molecule has 0 amide bonds. The van der Waals surface area contributed by atoms with E-state index in [2.05, 4.69) is 30.7 Å². The minimum atomic E-state index is 0.683. The van der Waals surface area contributed by atoms with Crippen LogP contribution in [0.2, 0.25) is 0 Å². The van der Waals surface area contributed by atoms with Crippen LogP contribution < -0.4 is 5.32 Å². The first-order chi connectivity index (χ1) is 4.81. The van der Waals surface area contributed by atoms with Crippen molar-refractivity contribution in [2.75, 3.05) is 6.54 Å². The van der Waals surface area contributed by atoms with Gasteiger partial charge in [0.1, 0.15) is 0 Å². The van der Waals surface area contributed by atoms with E-state index < -0.39 is 0 Å². The Morgan fingerprint density at radius 3 is 2.90 bits per heavy atom. The average Bonchev–Trinajstić information content (AvgIpc) is 1.98. The van der Waals surface area contributed by atoms with Gasteiger partial charge in [-0.15, -0.1) is 0 Å². The monoisotopic (exact) mass is 140 g/mol. The Labute approximate surface area is 63.0 Å². The van der Waals surface area contributed by atoms with Crippen molar-refractivity contribution >= 4 is 6.34 Å². The van der Waals surface area contributed by atoms with Crippen molar-refractivity contribution in [2.24, 2.45) is 10.9 Å². The van der Waals surface area contributed by atoms with Crippen LogP contribution in [0.4, 0.5) is 0 Å². The van der Waals surface area contributed by atoms with Gasteiger partial charge in [0.05, 0.1) is 6.34 Å². The molecule has 0 aromatic carbocycles. The SMILES string of the molecule is C=CNC=NCC(C)CC. The fourth-order valence-electron chi connectivity index (χ4n) is 0.467. The molecule has 0 spiro atoms. The minimum Gasteiger partial charge on any atom is -0.354 e. The molecule has 0 aliphatic rings. The van der Waals surface area contributed by atoms with E-state index in [9.17, 15) is 0 Å². The molecule has 1 N–H and O–H groups in total. The third kappa shape index (κ3) is 5.35. The van der Waals surface area contributed by atoms with Gasteiger partial charge in [-0.3, -0.25) is 4.99 Å². The molecule has 0 aliphatic heterocycles. The molecule has 0 aliphatic carbocycles. The largest absolute Gasteiger partial charge is 0.354 e. The van der Waals surface area contributed by atoms with Crippen LogP contribution in [0.25, 0.3) is 0 Å². The highest BCUT2D eigenvalue weighted by Gasteiger charge is 1.92. The van der Waals surface area contributed by atoms with Crippen molar-refractivity contribution in [2.45, 2.75) is 20.3 Å². The third-order valence-electron chi connectivity index (χ3n) is 1.40. The van der Waals surface area contributed by atoms with Gasteiger partial charge < -0.3 is 5.32 Å². The maximum atomic E-state index is 4.12. The molecule has 0 saturated heterocycles. The fourth-order valence-corrected chi connectivity index (χ4v) is 0.467. The zero-order valence-electron chi connectivity index (χ0n) is 6.80. The van der Waals surface area contributed by atoms with E-state index in [1.54, 1.807) is 12.5 Å². The van der Waals surface area contributed by atoms with E-state index in [1.165, 1.54) is 6.42 Å². The molecular weight excluding hydrogens is 124 g/mol. The van der Waals surface area contributed by atoms with Gasteiger partial charge in [-0.2, -0.15) is 0 Å². The number of hydrogen-bond donors (Lipinski definition) is 1. The van der Waals surface area contributed by atoms with Crippen molar-refractivity contribution in [3.05, 3.63) is 12.8 Å². The second-order valence-corrected chi connectivity index (χ2v) is 2.38. The molecule has 58 valence electrons. The lowest BCUT2D eigenvalue weighted by Crippen LogP contribution is -2.03. The zero-order chi connectivity index (χ0) is 7.82. The predicted octanol–water partition coefficient (Wildman–Crippen LogP) is 1.79. The van der Waals surface area contributed by atoms with Crippen LogP contribution in [0.5, 0.6) is 0 Å². The Bertz CT molecular complexity index is 108. The van der Waals surface area contributed by atoms with E-state index in [1.807, 2.05) is 0 Å². The van der Waals surface area contributed by atoms with Crippen LogP contribution in [0.15, 0.2) is 17.8 Å². The number of nitrogens with one attached hydrogen (secondary N) is 1. The Kier molecular flexibility index (Phi) is 5.83. The summed E-state index contributed by atoms with van der Waals surface area (Å²) in [5, 5.41) is 2.80. The van der Waals surface area contributed by atoms with E-state index in [4.69, 9.17) is 0 Å². The third-order valence-corrected chi connectivity index (χ3v) is 1.40. The lowest BCUT2D eigenvalue weighted by atomic mass is 10.1. The Hall–Kier alpha value is -0.790. The van der Waals surface area contributed by atoms with Crippen molar-refractivity contribution in [1.82, 2.24) is 5.32 Å². The lowest BCUT2D eigenvalue weighted by Gasteiger charge is -2.01. The van der Waals surface area contributed by atoms with Gasteiger partial charge in [-0.1, -0.05) is 26.8 Å². The number of rotatable bonds is 5. The van der Waals surface area contributed by atoms with Gasteiger partial charge >= 0.3 is 0 Å². The van der Waals surface area contributed by atoms with Gasteiger partial charge in [-0.25, -0.2) is 0 Å². The number of hydrogen-bond acceptors (Lipinski definition) is 1. The quantitative estimate of drug-likeness (QED) is 0.457. The van der Waals surface area contributed by atoms with Crippen LogP contribution in [-0.4, -0.2) is 12.9 Å². The Morgan fingerprint density at radius 2 is 2.40 bits per heavy atom. The first-order valence-electron chi connectivity index (χ1n) is 3.66. The van der Waals surface area contributed by atoms with E-state index in [-0.39, 0.29) is 0 Å². The van der Waals surface area contributed by atoms with Gasteiger partial charge in [0, 0.05) is 6.54 Å². The highest BCUT2D eigenvalue weighted by atomic mass is 14.9. The molecule has 0 aromatic heterocycles. The molecule has 1 unspecified atom stereocenters. The molecule has 10 heavy (non-hydrogen) atoms. The minimum absolute atomic E-state index is 0.683. The molecule has 0 fully saturated rings. The molecule has 2 heteroatoms. The summed E-state index contributed by atoms with van der Waals surface area (Å²) in [5.74, 6) is 0.683. The van der Waals surface area contributed by atoms with Crippen molar-refractivity contribution < 1.29 is 0 Å². The number of aliphatic imine (C=N–C) groups is 1. The van der Waals surface area contributed by atoms with Crippen molar-refractivity contribution in [1.29, 1.82) is 0 Å². The fraction of sp³-hybridized carbons (Fsp3) is 0.625. The molecule has 0 radical (unpaired) electrons. The summed E-state index contributed by atoms with van der Waals surface area (Å²) in [5.41, 5.74) is 0. The van der Waals surface area contributed by atoms with Crippen LogP contribution in [-0.2, 0) is 0 Å². The maximum absolute atomic E-state index is 4.12. The second-order valence-electron chi connectivity index (χ2n) is 2.38. The van der Waals surface area contributed by atoms with E-state index in [0.29, 0.717) is 5.92 Å². The van der Waals surface area contributed by atoms with Gasteiger partial charge in [0.25, 0.3) is 0 Å². The molecule has 2 nitrogen and oxygen atoms in total. The topological polar surface area (TPSA) is 24.4 Å². The molecular formula is C8H16N2. The molecule has 0 saturated carbocycles. The van der Waals surface area contributed by atoms with Gasteiger partial charge in [0.2, 0.25) is 0 Å². The molecule has 1 atom stereocenters. The van der Waals surface area contributed by atoms with Crippen molar-refractivity contribution in [3.63, 3.8) is 0 Å². The van der Waals surface area contributed by atoms with Crippen LogP contribution in [0, 0.1) is 5.92 Å². The summed E-state index contributed by atoms with van der Waals surface area (Å²) in [7, 11) is 0. The molecule has 0 rings (SSSR count). The normalized spacial score (nSPS) is 13.4. The average molecular weight is 140 g/mol. The van der Waals surface area contributed by atoms with Crippen LogP contribution in [0.3, 0.4) is 0 Å². The predicted molar refractivity (Wildman–Crippen MR) is 46.1 cm³/mol. The lowest BCUT2D eigenvalue weighted by molar-refractivity contribution is 0.577. The second kappa shape index (κ2) is 6.33. The first kappa shape index (κ1) is 9.21. The smallest absolute Gasteiger partial charge is 0.0863 e. The summed E-state index contributed by atoms with van der Waals surface area (Å²) in [6.07, 6.45) is 4.48. The van der Waals surface area contributed by atoms with Crippen molar-refractivity contribution in [3.8, 4) is 0 Å². The van der Waals surface area contributed by atoms with E-state index >= 15 is 0 Å². The van der Waals surface area contributed by atoms with Crippen LogP contribution in [0.1, 0.15) is 20.3 Å². The maximum Gasteiger partial charge on any atom is 0.0863 e. The highest BCUT2D eigenvalue weighted by Crippen LogP contribution is 1.98. The summed E-state index contributed by atoms with van der Waals surface area (Å²) in [6, 6.07) is 0.